The van der Waals surface area contributed by atoms with Gasteiger partial charge in [0, 0.05) is 18.5 Å². The maximum Gasteiger partial charge on any atom is 0.247 e. The van der Waals surface area contributed by atoms with Crippen LogP contribution >= 0.6 is 11.6 Å². The highest BCUT2D eigenvalue weighted by Crippen LogP contribution is 2.08. The molecule has 0 saturated heterocycles. The van der Waals surface area contributed by atoms with Crippen molar-refractivity contribution in [2.45, 2.75) is 6.54 Å². The second-order valence-electron chi connectivity index (χ2n) is 2.98. The molecule has 2 aromatic rings. The molecule has 0 aliphatic carbocycles. The van der Waals surface area contributed by atoms with E-state index in [9.17, 15) is 4.79 Å². The van der Waals surface area contributed by atoms with Gasteiger partial charge in [-0.25, -0.2) is 9.97 Å². The molecule has 1 N–H and O–H groups in total. The number of aromatic nitrogens is 4. The van der Waals surface area contributed by atoms with Crippen molar-refractivity contribution in [3.63, 3.8) is 0 Å². The first-order chi connectivity index (χ1) is 7.74. The fourth-order valence-electron chi connectivity index (χ4n) is 1.13. The summed E-state index contributed by atoms with van der Waals surface area (Å²) in [6, 6.07) is 3.22. The number of halogens is 1. The Morgan fingerprint density at radius 2 is 2.38 bits per heavy atom. The highest BCUT2D eigenvalue weighted by molar-refractivity contribution is 6.29. The Morgan fingerprint density at radius 3 is 3.06 bits per heavy atom. The minimum Gasteiger partial charge on any atom is -0.309 e. The Morgan fingerprint density at radius 1 is 1.50 bits per heavy atom. The monoisotopic (exact) mass is 237 g/mol. The second-order valence-corrected chi connectivity index (χ2v) is 3.37. The fraction of sp³-hybridized carbons (Fsp3) is 0.111. The van der Waals surface area contributed by atoms with Gasteiger partial charge in [-0.1, -0.05) is 11.6 Å². The lowest BCUT2D eigenvalue weighted by molar-refractivity contribution is -0.116. The third-order valence-corrected chi connectivity index (χ3v) is 1.97. The molecule has 2 rings (SSSR count). The number of nitrogens with zero attached hydrogens (tertiary/aromatic N) is 4. The van der Waals surface area contributed by atoms with Crippen LogP contribution in [0.5, 0.6) is 0 Å². The zero-order valence-electron chi connectivity index (χ0n) is 8.17. The lowest BCUT2D eigenvalue weighted by atomic mass is 10.5. The molecule has 2 heterocycles. The average Bonchev–Trinajstić information content (AvgIpc) is 2.70. The fourth-order valence-corrected chi connectivity index (χ4v) is 1.27. The van der Waals surface area contributed by atoms with Crippen molar-refractivity contribution in [1.82, 2.24) is 19.7 Å². The number of anilines is 1. The van der Waals surface area contributed by atoms with Gasteiger partial charge in [0.2, 0.25) is 5.91 Å². The third kappa shape index (κ3) is 2.77. The number of carbonyl (C=O) groups excluding carboxylic acids is 1. The first-order valence-corrected chi connectivity index (χ1v) is 4.86. The first kappa shape index (κ1) is 10.6. The van der Waals surface area contributed by atoms with Crippen LogP contribution in [0, 0.1) is 0 Å². The normalized spacial score (nSPS) is 10.1. The lowest BCUT2D eigenvalue weighted by Crippen LogP contribution is -2.19. The SMILES string of the molecule is O=C(Cn1cccn1)Nc1cc(Cl)ncn1. The first-order valence-electron chi connectivity index (χ1n) is 4.49. The molecule has 0 radical (unpaired) electrons. The smallest absolute Gasteiger partial charge is 0.247 e. The van der Waals surface area contributed by atoms with E-state index >= 15 is 0 Å². The van der Waals surface area contributed by atoms with Crippen molar-refractivity contribution in [3.8, 4) is 0 Å². The van der Waals surface area contributed by atoms with Crippen LogP contribution in [0.4, 0.5) is 5.82 Å². The molecule has 1 amide bonds. The van der Waals surface area contributed by atoms with E-state index in [1.54, 1.807) is 18.5 Å². The molecule has 0 unspecified atom stereocenters. The van der Waals surface area contributed by atoms with Crippen LogP contribution < -0.4 is 5.32 Å². The molecule has 0 atom stereocenters. The molecule has 16 heavy (non-hydrogen) atoms. The molecule has 2 aromatic heterocycles. The highest BCUT2D eigenvalue weighted by Gasteiger charge is 2.04. The number of hydrogen-bond donors (Lipinski definition) is 1. The lowest BCUT2D eigenvalue weighted by Gasteiger charge is -2.03. The van der Waals surface area contributed by atoms with Gasteiger partial charge in [0.15, 0.2) is 0 Å². The van der Waals surface area contributed by atoms with Crippen LogP contribution in [-0.4, -0.2) is 25.7 Å². The van der Waals surface area contributed by atoms with Crippen LogP contribution in [0.1, 0.15) is 0 Å². The van der Waals surface area contributed by atoms with Gasteiger partial charge in [0.25, 0.3) is 0 Å². The zero-order valence-corrected chi connectivity index (χ0v) is 8.92. The summed E-state index contributed by atoms with van der Waals surface area (Å²) in [5.74, 6) is 0.149. The molecule has 82 valence electrons. The van der Waals surface area contributed by atoms with Crippen molar-refractivity contribution in [2.24, 2.45) is 0 Å². The third-order valence-electron chi connectivity index (χ3n) is 1.77. The largest absolute Gasteiger partial charge is 0.309 e. The average molecular weight is 238 g/mol. The summed E-state index contributed by atoms with van der Waals surface area (Å²) in [6.07, 6.45) is 4.59. The molecule has 0 bridgehead atoms. The summed E-state index contributed by atoms with van der Waals surface area (Å²) in [7, 11) is 0. The van der Waals surface area contributed by atoms with E-state index in [1.807, 2.05) is 0 Å². The predicted octanol–water partition coefficient (Wildman–Crippen LogP) is 0.965. The van der Waals surface area contributed by atoms with E-state index < -0.39 is 0 Å². The van der Waals surface area contributed by atoms with Crippen LogP contribution in [-0.2, 0) is 11.3 Å². The number of amides is 1. The summed E-state index contributed by atoms with van der Waals surface area (Å²) in [6.45, 7) is 0.134. The molecule has 7 heteroatoms. The summed E-state index contributed by atoms with van der Waals surface area (Å²) in [5.41, 5.74) is 0. The van der Waals surface area contributed by atoms with E-state index in [1.165, 1.54) is 17.1 Å². The second kappa shape index (κ2) is 4.71. The Labute approximate surface area is 96.3 Å². The Hall–Kier alpha value is -1.95. The minimum absolute atomic E-state index is 0.134. The molecule has 0 aliphatic heterocycles. The Kier molecular flexibility index (Phi) is 3.11. The van der Waals surface area contributed by atoms with Crippen molar-refractivity contribution in [2.75, 3.05) is 5.32 Å². The van der Waals surface area contributed by atoms with Crippen LogP contribution in [0.2, 0.25) is 5.15 Å². The molecule has 0 aromatic carbocycles. The molecular formula is C9H8ClN5O. The maximum absolute atomic E-state index is 11.5. The van der Waals surface area contributed by atoms with Crippen LogP contribution in [0.15, 0.2) is 30.9 Å². The molecule has 6 nitrogen and oxygen atoms in total. The van der Waals surface area contributed by atoms with E-state index in [0.717, 1.165) is 0 Å². The Balaban J connectivity index is 1.97. The summed E-state index contributed by atoms with van der Waals surface area (Å²) >= 11 is 5.65. The van der Waals surface area contributed by atoms with Crippen LogP contribution in [0.3, 0.4) is 0 Å². The van der Waals surface area contributed by atoms with Crippen molar-refractivity contribution >= 4 is 23.3 Å². The molecule has 0 saturated carbocycles. The number of rotatable bonds is 3. The van der Waals surface area contributed by atoms with Crippen molar-refractivity contribution < 1.29 is 4.79 Å². The summed E-state index contributed by atoms with van der Waals surface area (Å²) in [5, 5.41) is 6.78. The van der Waals surface area contributed by atoms with E-state index in [0.29, 0.717) is 5.82 Å². The summed E-state index contributed by atoms with van der Waals surface area (Å²) < 4.78 is 1.51. The number of carbonyl (C=O) groups is 1. The predicted molar refractivity (Wildman–Crippen MR) is 57.9 cm³/mol. The molecular weight excluding hydrogens is 230 g/mol. The van der Waals surface area contributed by atoms with Crippen LogP contribution in [0.25, 0.3) is 0 Å². The topological polar surface area (TPSA) is 72.7 Å². The molecule has 0 aliphatic rings. The number of hydrogen-bond acceptors (Lipinski definition) is 4. The quantitative estimate of drug-likeness (QED) is 0.808. The Bertz CT molecular complexity index is 484. The van der Waals surface area contributed by atoms with Gasteiger partial charge in [-0.2, -0.15) is 5.10 Å². The van der Waals surface area contributed by atoms with Gasteiger partial charge in [-0.3, -0.25) is 9.48 Å². The van der Waals surface area contributed by atoms with Gasteiger partial charge < -0.3 is 5.32 Å². The van der Waals surface area contributed by atoms with E-state index in [2.05, 4.69) is 20.4 Å². The van der Waals surface area contributed by atoms with Gasteiger partial charge in [-0.05, 0) is 6.07 Å². The standard InChI is InChI=1S/C9H8ClN5O/c10-7-4-8(12-6-11-7)14-9(16)5-15-3-1-2-13-15/h1-4,6H,5H2,(H,11,12,14,16). The molecule has 0 fully saturated rings. The number of nitrogens with one attached hydrogen (secondary N) is 1. The zero-order chi connectivity index (χ0) is 11.4. The van der Waals surface area contributed by atoms with Gasteiger partial charge >= 0.3 is 0 Å². The highest BCUT2D eigenvalue weighted by atomic mass is 35.5. The van der Waals surface area contributed by atoms with E-state index in [4.69, 9.17) is 11.6 Å². The van der Waals surface area contributed by atoms with E-state index in [-0.39, 0.29) is 17.6 Å². The van der Waals surface area contributed by atoms with Crippen molar-refractivity contribution in [3.05, 3.63) is 36.0 Å². The van der Waals surface area contributed by atoms with Gasteiger partial charge in [-0.15, -0.1) is 0 Å². The minimum atomic E-state index is -0.224. The summed E-state index contributed by atoms with van der Waals surface area (Å²) in [4.78, 5) is 19.1. The van der Waals surface area contributed by atoms with Gasteiger partial charge in [0.1, 0.15) is 23.8 Å². The molecule has 0 spiro atoms. The van der Waals surface area contributed by atoms with Gasteiger partial charge in [0.05, 0.1) is 0 Å². The van der Waals surface area contributed by atoms with Crippen molar-refractivity contribution in [1.29, 1.82) is 0 Å². The maximum atomic E-state index is 11.5.